The molecule has 0 aromatic carbocycles. The molecule has 0 aliphatic carbocycles. The lowest BCUT2D eigenvalue weighted by Gasteiger charge is -2.12. The van der Waals surface area contributed by atoms with Crippen LogP contribution in [0.15, 0.2) is 23.4 Å². The molecule has 0 saturated carbocycles. The van der Waals surface area contributed by atoms with Gasteiger partial charge >= 0.3 is 0 Å². The Morgan fingerprint density at radius 3 is 2.87 bits per heavy atom. The van der Waals surface area contributed by atoms with Crippen LogP contribution in [0.3, 0.4) is 0 Å². The maximum atomic E-state index is 9.55. The highest BCUT2D eigenvalue weighted by Crippen LogP contribution is 2.24. The second-order valence-corrected chi connectivity index (χ2v) is 4.81. The smallest absolute Gasteiger partial charge is 0.102 e. The molecule has 0 fully saturated rings. The molecule has 3 nitrogen and oxygen atoms in total. The standard InChI is InChI=1S/C11H18N2OS/c1-9(14)10-5-4-6-12-11(10)15-8-7-13(2)3/h4-6,9,14H,7-8H2,1-3H3/t9-/m1/s1. The van der Waals surface area contributed by atoms with Crippen molar-refractivity contribution in [3.8, 4) is 0 Å². The normalized spacial score (nSPS) is 13.1. The molecule has 1 atom stereocenters. The lowest BCUT2D eigenvalue weighted by atomic mass is 10.2. The summed E-state index contributed by atoms with van der Waals surface area (Å²) in [6, 6.07) is 3.79. The molecule has 0 radical (unpaired) electrons. The molecule has 1 N–H and O–H groups in total. The van der Waals surface area contributed by atoms with Crippen molar-refractivity contribution in [1.29, 1.82) is 0 Å². The Morgan fingerprint density at radius 2 is 2.27 bits per heavy atom. The first kappa shape index (κ1) is 12.5. The Morgan fingerprint density at radius 1 is 1.53 bits per heavy atom. The molecule has 15 heavy (non-hydrogen) atoms. The van der Waals surface area contributed by atoms with E-state index in [9.17, 15) is 5.11 Å². The molecule has 1 aromatic rings. The molecule has 0 aliphatic heterocycles. The molecule has 4 heteroatoms. The molecule has 1 rings (SSSR count). The predicted octanol–water partition coefficient (Wildman–Crippen LogP) is 1.79. The van der Waals surface area contributed by atoms with E-state index in [0.717, 1.165) is 22.9 Å². The Labute approximate surface area is 95.5 Å². The lowest BCUT2D eigenvalue weighted by Crippen LogP contribution is -2.15. The minimum atomic E-state index is -0.444. The van der Waals surface area contributed by atoms with E-state index in [1.54, 1.807) is 24.9 Å². The Kier molecular flexibility index (Phi) is 5.08. The molecular weight excluding hydrogens is 208 g/mol. The summed E-state index contributed by atoms with van der Waals surface area (Å²) in [6.45, 7) is 2.79. The predicted molar refractivity (Wildman–Crippen MR) is 64.1 cm³/mol. The van der Waals surface area contributed by atoms with Crippen molar-refractivity contribution in [2.45, 2.75) is 18.1 Å². The van der Waals surface area contributed by atoms with Crippen LogP contribution in [0.25, 0.3) is 0 Å². The maximum absolute atomic E-state index is 9.55. The zero-order valence-corrected chi connectivity index (χ0v) is 10.3. The SMILES string of the molecule is C[C@@H](O)c1cccnc1SCCN(C)C. The highest BCUT2D eigenvalue weighted by atomic mass is 32.2. The molecule has 84 valence electrons. The number of aliphatic hydroxyl groups is 1. The summed E-state index contributed by atoms with van der Waals surface area (Å²) >= 11 is 1.69. The van der Waals surface area contributed by atoms with E-state index < -0.39 is 6.10 Å². The van der Waals surface area contributed by atoms with E-state index in [4.69, 9.17) is 0 Å². The van der Waals surface area contributed by atoms with Crippen LogP contribution in [0.2, 0.25) is 0 Å². The molecule has 0 bridgehead atoms. The molecule has 1 aromatic heterocycles. The summed E-state index contributed by atoms with van der Waals surface area (Å²) in [5, 5.41) is 10.5. The Balaban J connectivity index is 2.59. The van der Waals surface area contributed by atoms with Gasteiger partial charge in [0.2, 0.25) is 0 Å². The highest BCUT2D eigenvalue weighted by molar-refractivity contribution is 7.99. The number of hydrogen-bond donors (Lipinski definition) is 1. The van der Waals surface area contributed by atoms with E-state index in [-0.39, 0.29) is 0 Å². The number of hydrogen-bond acceptors (Lipinski definition) is 4. The first-order valence-electron chi connectivity index (χ1n) is 5.01. The monoisotopic (exact) mass is 226 g/mol. The average molecular weight is 226 g/mol. The van der Waals surface area contributed by atoms with Gasteiger partial charge in [0.1, 0.15) is 5.03 Å². The van der Waals surface area contributed by atoms with Gasteiger partial charge in [-0.05, 0) is 27.1 Å². The lowest BCUT2D eigenvalue weighted by molar-refractivity contribution is 0.195. The second kappa shape index (κ2) is 6.10. The van der Waals surface area contributed by atoms with Crippen LogP contribution in [0.1, 0.15) is 18.6 Å². The van der Waals surface area contributed by atoms with Gasteiger partial charge in [0.05, 0.1) is 6.10 Å². The summed E-state index contributed by atoms with van der Waals surface area (Å²) in [5.41, 5.74) is 0.918. The van der Waals surface area contributed by atoms with Gasteiger partial charge in [0, 0.05) is 24.1 Å². The van der Waals surface area contributed by atoms with Gasteiger partial charge in [0.25, 0.3) is 0 Å². The van der Waals surface area contributed by atoms with E-state index in [2.05, 4.69) is 24.0 Å². The summed E-state index contributed by atoms with van der Waals surface area (Å²) in [4.78, 5) is 6.42. The molecule has 1 heterocycles. The summed E-state index contributed by atoms with van der Waals surface area (Å²) in [6.07, 6.45) is 1.32. The first-order chi connectivity index (χ1) is 7.11. The van der Waals surface area contributed by atoms with Crippen molar-refractivity contribution in [1.82, 2.24) is 9.88 Å². The maximum Gasteiger partial charge on any atom is 0.102 e. The van der Waals surface area contributed by atoms with Crippen molar-refractivity contribution < 1.29 is 5.11 Å². The van der Waals surface area contributed by atoms with E-state index >= 15 is 0 Å². The Bertz CT molecular complexity index is 302. The topological polar surface area (TPSA) is 36.4 Å². The number of nitrogens with zero attached hydrogens (tertiary/aromatic N) is 2. The van der Waals surface area contributed by atoms with Crippen molar-refractivity contribution in [3.63, 3.8) is 0 Å². The fourth-order valence-corrected chi connectivity index (χ4v) is 2.36. The first-order valence-corrected chi connectivity index (χ1v) is 6.00. The molecule has 0 amide bonds. The molecule has 0 unspecified atom stereocenters. The number of rotatable bonds is 5. The quantitative estimate of drug-likeness (QED) is 0.777. The van der Waals surface area contributed by atoms with Gasteiger partial charge in [0.15, 0.2) is 0 Å². The van der Waals surface area contributed by atoms with Crippen LogP contribution in [-0.2, 0) is 0 Å². The molecular formula is C11H18N2OS. The third-order valence-corrected chi connectivity index (χ3v) is 3.03. The summed E-state index contributed by atoms with van der Waals surface area (Å²) in [5.74, 6) is 0.990. The second-order valence-electron chi connectivity index (χ2n) is 3.73. The molecule has 0 spiro atoms. The highest BCUT2D eigenvalue weighted by Gasteiger charge is 2.08. The van der Waals surface area contributed by atoms with E-state index in [1.165, 1.54) is 0 Å². The zero-order chi connectivity index (χ0) is 11.3. The van der Waals surface area contributed by atoms with Crippen molar-refractivity contribution in [2.75, 3.05) is 26.4 Å². The third kappa shape index (κ3) is 4.20. The van der Waals surface area contributed by atoms with Gasteiger partial charge < -0.3 is 10.0 Å². The number of aromatic nitrogens is 1. The number of pyridine rings is 1. The minimum Gasteiger partial charge on any atom is -0.389 e. The fraction of sp³-hybridized carbons (Fsp3) is 0.545. The van der Waals surface area contributed by atoms with Crippen molar-refractivity contribution in [2.24, 2.45) is 0 Å². The Hall–Kier alpha value is -0.580. The fourth-order valence-electron chi connectivity index (χ4n) is 1.17. The van der Waals surface area contributed by atoms with Crippen LogP contribution in [0.5, 0.6) is 0 Å². The van der Waals surface area contributed by atoms with Gasteiger partial charge in [-0.25, -0.2) is 4.98 Å². The largest absolute Gasteiger partial charge is 0.389 e. The average Bonchev–Trinajstić information content (AvgIpc) is 2.17. The van der Waals surface area contributed by atoms with Crippen LogP contribution < -0.4 is 0 Å². The molecule has 0 saturated heterocycles. The van der Waals surface area contributed by atoms with Crippen LogP contribution >= 0.6 is 11.8 Å². The van der Waals surface area contributed by atoms with Crippen molar-refractivity contribution in [3.05, 3.63) is 23.9 Å². The van der Waals surface area contributed by atoms with Crippen LogP contribution in [-0.4, -0.2) is 41.4 Å². The molecule has 0 aliphatic rings. The van der Waals surface area contributed by atoms with E-state index in [1.807, 2.05) is 12.1 Å². The van der Waals surface area contributed by atoms with Gasteiger partial charge in [-0.2, -0.15) is 0 Å². The summed E-state index contributed by atoms with van der Waals surface area (Å²) < 4.78 is 0. The number of thioether (sulfide) groups is 1. The summed E-state index contributed by atoms with van der Waals surface area (Å²) in [7, 11) is 4.10. The van der Waals surface area contributed by atoms with Gasteiger partial charge in [-0.15, -0.1) is 11.8 Å². The van der Waals surface area contributed by atoms with Crippen molar-refractivity contribution >= 4 is 11.8 Å². The minimum absolute atomic E-state index is 0.444. The van der Waals surface area contributed by atoms with Crippen LogP contribution in [0, 0.1) is 0 Å². The number of aliphatic hydroxyl groups excluding tert-OH is 1. The van der Waals surface area contributed by atoms with Gasteiger partial charge in [-0.1, -0.05) is 6.07 Å². The van der Waals surface area contributed by atoms with Gasteiger partial charge in [-0.3, -0.25) is 0 Å². The van der Waals surface area contributed by atoms with Crippen LogP contribution in [0.4, 0.5) is 0 Å². The van der Waals surface area contributed by atoms with E-state index in [0.29, 0.717) is 0 Å². The third-order valence-electron chi connectivity index (χ3n) is 2.03. The zero-order valence-electron chi connectivity index (χ0n) is 9.47.